The van der Waals surface area contributed by atoms with E-state index in [4.69, 9.17) is 24.7 Å². The molecule has 0 spiro atoms. The molecule has 1 aliphatic rings. The van der Waals surface area contributed by atoms with Crippen LogP contribution >= 0.6 is 11.3 Å². The van der Waals surface area contributed by atoms with Crippen molar-refractivity contribution >= 4 is 22.4 Å². The number of aliphatic imine (C=N–C) groups is 1. The second-order valence-corrected chi connectivity index (χ2v) is 7.22. The Morgan fingerprint density at radius 2 is 1.87 bits per heavy atom. The highest BCUT2D eigenvalue weighted by Crippen LogP contribution is 2.35. The molecule has 0 saturated heterocycles. The summed E-state index contributed by atoms with van der Waals surface area (Å²) in [6, 6.07) is 11.4. The van der Waals surface area contributed by atoms with Crippen molar-refractivity contribution in [1.29, 1.82) is 0 Å². The van der Waals surface area contributed by atoms with Crippen molar-refractivity contribution in [3.63, 3.8) is 0 Å². The summed E-state index contributed by atoms with van der Waals surface area (Å²) in [4.78, 5) is 8.99. The number of anilines is 1. The van der Waals surface area contributed by atoms with Gasteiger partial charge in [0.15, 0.2) is 22.6 Å². The summed E-state index contributed by atoms with van der Waals surface area (Å²) in [5.41, 5.74) is 8.65. The van der Waals surface area contributed by atoms with Gasteiger partial charge < -0.3 is 30.0 Å². The third kappa shape index (κ3) is 4.25. The van der Waals surface area contributed by atoms with Gasteiger partial charge in [0.05, 0.1) is 32.0 Å². The maximum atomic E-state index is 6.06. The van der Waals surface area contributed by atoms with Gasteiger partial charge in [0.1, 0.15) is 24.7 Å². The topological polar surface area (TPSA) is 100 Å². The lowest BCUT2D eigenvalue weighted by Gasteiger charge is -2.18. The van der Waals surface area contributed by atoms with Crippen LogP contribution in [0.5, 0.6) is 23.0 Å². The van der Waals surface area contributed by atoms with Crippen molar-refractivity contribution in [2.24, 2.45) is 10.7 Å². The predicted octanol–water partition coefficient (Wildman–Crippen LogP) is 3.53. The van der Waals surface area contributed by atoms with Crippen LogP contribution in [0.3, 0.4) is 0 Å². The highest BCUT2D eigenvalue weighted by atomic mass is 32.1. The van der Waals surface area contributed by atoms with Crippen molar-refractivity contribution in [2.75, 3.05) is 32.8 Å². The number of ether oxygens (including phenoxy) is 4. The minimum absolute atomic E-state index is 0.256. The highest BCUT2D eigenvalue weighted by molar-refractivity contribution is 7.14. The van der Waals surface area contributed by atoms with E-state index in [1.54, 1.807) is 14.2 Å². The van der Waals surface area contributed by atoms with Gasteiger partial charge >= 0.3 is 0 Å². The molecular formula is C21H22N4O4S. The largest absolute Gasteiger partial charge is 0.496 e. The van der Waals surface area contributed by atoms with E-state index in [0.29, 0.717) is 36.4 Å². The predicted molar refractivity (Wildman–Crippen MR) is 117 cm³/mol. The maximum absolute atomic E-state index is 6.06. The third-order valence-corrected chi connectivity index (χ3v) is 5.27. The van der Waals surface area contributed by atoms with Crippen LogP contribution in [-0.2, 0) is 6.54 Å². The lowest BCUT2D eigenvalue weighted by atomic mass is 10.1. The maximum Gasteiger partial charge on any atom is 0.195 e. The number of benzene rings is 2. The number of rotatable bonds is 6. The summed E-state index contributed by atoms with van der Waals surface area (Å²) in [5.74, 6) is 3.13. The SMILES string of the molecule is COc1cccc(OC)c1CN=C(N)Nc1nc(-c2ccc3c(c2)OCCO3)cs1. The van der Waals surface area contributed by atoms with E-state index in [1.165, 1.54) is 11.3 Å². The fourth-order valence-electron chi connectivity index (χ4n) is 3.06. The highest BCUT2D eigenvalue weighted by Gasteiger charge is 2.14. The van der Waals surface area contributed by atoms with Gasteiger partial charge in [-0.3, -0.25) is 0 Å². The normalized spacial score (nSPS) is 13.1. The molecule has 1 aliphatic heterocycles. The van der Waals surface area contributed by atoms with Crippen molar-refractivity contribution in [2.45, 2.75) is 6.54 Å². The van der Waals surface area contributed by atoms with Gasteiger partial charge in [-0.05, 0) is 30.3 Å². The molecule has 9 heteroatoms. The van der Waals surface area contributed by atoms with Gasteiger partial charge in [-0.2, -0.15) is 0 Å². The number of thiazole rings is 1. The molecule has 1 aromatic heterocycles. The molecule has 30 heavy (non-hydrogen) atoms. The van der Waals surface area contributed by atoms with Gasteiger partial charge in [-0.15, -0.1) is 11.3 Å². The Morgan fingerprint density at radius 1 is 1.13 bits per heavy atom. The molecule has 3 N–H and O–H groups in total. The molecular weight excluding hydrogens is 404 g/mol. The number of fused-ring (bicyclic) bond motifs is 1. The van der Waals surface area contributed by atoms with Crippen molar-refractivity contribution in [3.8, 4) is 34.3 Å². The van der Waals surface area contributed by atoms with Crippen molar-refractivity contribution in [3.05, 3.63) is 47.3 Å². The van der Waals surface area contributed by atoms with Crippen LogP contribution in [-0.4, -0.2) is 38.4 Å². The van der Waals surface area contributed by atoms with Gasteiger partial charge in [0.25, 0.3) is 0 Å². The molecule has 0 fully saturated rings. The Kier molecular flexibility index (Phi) is 5.89. The zero-order valence-corrected chi connectivity index (χ0v) is 17.5. The molecule has 8 nitrogen and oxygen atoms in total. The van der Waals surface area contributed by atoms with Gasteiger partial charge in [0.2, 0.25) is 0 Å². The quantitative estimate of drug-likeness (QED) is 0.459. The molecule has 0 unspecified atom stereocenters. The zero-order valence-electron chi connectivity index (χ0n) is 16.7. The average molecular weight is 426 g/mol. The minimum Gasteiger partial charge on any atom is -0.496 e. The van der Waals surface area contributed by atoms with E-state index in [2.05, 4.69) is 15.3 Å². The number of nitrogens with two attached hydrogens (primary N) is 1. The number of aromatic nitrogens is 1. The number of hydrogen-bond acceptors (Lipinski definition) is 7. The number of guanidine groups is 1. The minimum atomic E-state index is 0.256. The smallest absolute Gasteiger partial charge is 0.195 e. The lowest BCUT2D eigenvalue weighted by molar-refractivity contribution is 0.171. The first-order valence-electron chi connectivity index (χ1n) is 9.30. The van der Waals surface area contributed by atoms with E-state index < -0.39 is 0 Å². The summed E-state index contributed by atoms with van der Waals surface area (Å²) in [7, 11) is 3.22. The first-order chi connectivity index (χ1) is 14.7. The fourth-order valence-corrected chi connectivity index (χ4v) is 3.79. The molecule has 2 aromatic carbocycles. The molecule has 0 radical (unpaired) electrons. The van der Waals surface area contributed by atoms with Crippen LogP contribution in [0, 0.1) is 0 Å². The molecule has 3 aromatic rings. The molecule has 0 aliphatic carbocycles. The first-order valence-corrected chi connectivity index (χ1v) is 10.2. The number of nitrogens with zero attached hydrogens (tertiary/aromatic N) is 2. The Morgan fingerprint density at radius 3 is 2.60 bits per heavy atom. The van der Waals surface area contributed by atoms with E-state index in [1.807, 2.05) is 41.8 Å². The molecule has 4 rings (SSSR count). The molecule has 0 atom stereocenters. The molecule has 0 saturated carbocycles. The zero-order chi connectivity index (χ0) is 20.9. The van der Waals surface area contributed by atoms with Crippen LogP contribution in [0.15, 0.2) is 46.8 Å². The van der Waals surface area contributed by atoms with E-state index in [0.717, 1.165) is 28.3 Å². The number of methoxy groups -OCH3 is 2. The first kappa shape index (κ1) is 19.8. The summed E-state index contributed by atoms with van der Waals surface area (Å²) >= 11 is 1.44. The third-order valence-electron chi connectivity index (χ3n) is 4.51. The second-order valence-electron chi connectivity index (χ2n) is 6.36. The Labute approximate surface area is 178 Å². The molecule has 156 valence electrons. The van der Waals surface area contributed by atoms with E-state index >= 15 is 0 Å². The summed E-state index contributed by atoms with van der Waals surface area (Å²) in [6.45, 7) is 1.42. The van der Waals surface area contributed by atoms with Crippen LogP contribution in [0.1, 0.15) is 5.56 Å². The fraction of sp³-hybridized carbons (Fsp3) is 0.238. The summed E-state index contributed by atoms with van der Waals surface area (Å²) in [5, 5.41) is 5.63. The summed E-state index contributed by atoms with van der Waals surface area (Å²) in [6.07, 6.45) is 0. The Hall–Kier alpha value is -3.46. The van der Waals surface area contributed by atoms with Crippen molar-refractivity contribution < 1.29 is 18.9 Å². The van der Waals surface area contributed by atoms with Crippen LogP contribution < -0.4 is 30.0 Å². The second kappa shape index (κ2) is 8.91. The van der Waals surface area contributed by atoms with Crippen LogP contribution in [0.2, 0.25) is 0 Å². The number of hydrogen-bond donors (Lipinski definition) is 2. The molecule has 2 heterocycles. The monoisotopic (exact) mass is 426 g/mol. The van der Waals surface area contributed by atoms with Crippen molar-refractivity contribution in [1.82, 2.24) is 4.98 Å². The molecule has 0 amide bonds. The number of nitrogens with one attached hydrogen (secondary N) is 1. The lowest BCUT2D eigenvalue weighted by Crippen LogP contribution is -2.22. The van der Waals surface area contributed by atoms with Crippen LogP contribution in [0.25, 0.3) is 11.3 Å². The molecule has 0 bridgehead atoms. The van der Waals surface area contributed by atoms with Gasteiger partial charge in [-0.25, -0.2) is 9.98 Å². The van der Waals surface area contributed by atoms with Gasteiger partial charge in [0, 0.05) is 10.9 Å². The Balaban J connectivity index is 1.46. The van der Waals surface area contributed by atoms with Crippen LogP contribution in [0.4, 0.5) is 5.13 Å². The van der Waals surface area contributed by atoms with E-state index in [-0.39, 0.29) is 5.96 Å². The Bertz CT molecular complexity index is 1040. The average Bonchev–Trinajstić information content (AvgIpc) is 3.25. The standard InChI is InChI=1S/C21H22N4O4S/c1-26-16-4-3-5-17(27-2)14(16)11-23-20(22)25-21-24-15(12-30-21)13-6-7-18-19(10-13)29-9-8-28-18/h3-7,10,12H,8-9,11H2,1-2H3,(H3,22,23,24,25). The van der Waals surface area contributed by atoms with Gasteiger partial charge in [-0.1, -0.05) is 6.07 Å². The summed E-state index contributed by atoms with van der Waals surface area (Å²) < 4.78 is 22.0. The van der Waals surface area contributed by atoms with E-state index in [9.17, 15) is 0 Å².